The van der Waals surface area contributed by atoms with Gasteiger partial charge in [-0.2, -0.15) is 13.2 Å². The van der Waals surface area contributed by atoms with E-state index in [-0.39, 0.29) is 24.7 Å². The zero-order valence-electron chi connectivity index (χ0n) is 13.2. The molecule has 1 N–H and O–H groups in total. The van der Waals surface area contributed by atoms with Crippen LogP contribution < -0.4 is 5.32 Å². The number of rotatable bonds is 8. The molecule has 0 rings (SSSR count). The van der Waals surface area contributed by atoms with Crippen LogP contribution in [0.4, 0.5) is 13.2 Å². The number of alkyl halides is 3. The van der Waals surface area contributed by atoms with Crippen molar-refractivity contribution in [2.24, 2.45) is 11.8 Å². The number of allylic oxidation sites excluding steroid dienone is 1. The molecule has 0 radical (unpaired) electrons. The van der Waals surface area contributed by atoms with E-state index in [0.717, 1.165) is 5.06 Å². The van der Waals surface area contributed by atoms with Crippen molar-refractivity contribution in [2.75, 3.05) is 14.2 Å². The van der Waals surface area contributed by atoms with Crippen LogP contribution in [-0.4, -0.2) is 43.3 Å². The van der Waals surface area contributed by atoms with Crippen LogP contribution in [0.1, 0.15) is 26.7 Å². The van der Waals surface area contributed by atoms with E-state index in [1.165, 1.54) is 20.2 Å². The Hall–Kier alpha value is -1.57. The Morgan fingerprint density at radius 3 is 2.27 bits per heavy atom. The minimum absolute atomic E-state index is 0.0675. The summed E-state index contributed by atoms with van der Waals surface area (Å²) in [7, 11) is 2.73. The van der Waals surface area contributed by atoms with Crippen molar-refractivity contribution in [3.8, 4) is 0 Å². The van der Waals surface area contributed by atoms with Crippen molar-refractivity contribution >= 4 is 11.8 Å². The van der Waals surface area contributed by atoms with Gasteiger partial charge >= 0.3 is 12.1 Å². The van der Waals surface area contributed by atoms with Crippen LogP contribution in [0.2, 0.25) is 0 Å². The van der Waals surface area contributed by atoms with Crippen LogP contribution in [0, 0.1) is 11.8 Å². The molecule has 0 aromatic carbocycles. The Morgan fingerprint density at radius 2 is 1.91 bits per heavy atom. The molecule has 5 nitrogen and oxygen atoms in total. The second-order valence-electron chi connectivity index (χ2n) is 5.30. The molecule has 0 saturated heterocycles. The minimum Gasteiger partial charge on any atom is -0.345 e. The molecule has 2 amide bonds. The lowest BCUT2D eigenvalue weighted by Crippen LogP contribution is -2.47. The fraction of sp³-hybridized carbons (Fsp3) is 0.714. The van der Waals surface area contributed by atoms with Crippen molar-refractivity contribution in [3.63, 3.8) is 0 Å². The van der Waals surface area contributed by atoms with Crippen LogP contribution in [0.15, 0.2) is 12.7 Å². The van der Waals surface area contributed by atoms with Gasteiger partial charge in [0.2, 0.25) is 5.91 Å². The van der Waals surface area contributed by atoms with E-state index in [1.54, 1.807) is 13.8 Å². The lowest BCUT2D eigenvalue weighted by atomic mass is 9.89. The van der Waals surface area contributed by atoms with Gasteiger partial charge in [-0.3, -0.25) is 14.4 Å². The first kappa shape index (κ1) is 20.4. The van der Waals surface area contributed by atoms with Gasteiger partial charge in [0.1, 0.15) is 0 Å². The summed E-state index contributed by atoms with van der Waals surface area (Å²) in [5.41, 5.74) is 0. The number of carbonyl (C=O) groups excluding carboxylic acids is 2. The molecule has 2 atom stereocenters. The minimum atomic E-state index is -4.95. The first-order valence-corrected chi connectivity index (χ1v) is 6.84. The lowest BCUT2D eigenvalue weighted by Gasteiger charge is -2.28. The third-order valence-corrected chi connectivity index (χ3v) is 3.30. The molecule has 0 aliphatic heterocycles. The maximum Gasteiger partial charge on any atom is 0.471 e. The highest BCUT2D eigenvalue weighted by molar-refractivity contribution is 5.82. The van der Waals surface area contributed by atoms with E-state index in [9.17, 15) is 22.8 Å². The Kier molecular flexibility index (Phi) is 8.15. The molecule has 0 fully saturated rings. The van der Waals surface area contributed by atoms with E-state index >= 15 is 0 Å². The molecule has 0 unspecified atom stereocenters. The molecular weight excluding hydrogens is 301 g/mol. The second-order valence-corrected chi connectivity index (χ2v) is 5.30. The molecule has 8 heteroatoms. The summed E-state index contributed by atoms with van der Waals surface area (Å²) in [5.74, 6) is -3.27. The SMILES string of the molecule is C=CC[C@H](C[C@@H](NC(=O)C(F)(F)F)C(C)C)C(=O)N(C)OC. The highest BCUT2D eigenvalue weighted by atomic mass is 19.4. The van der Waals surface area contributed by atoms with E-state index in [1.807, 2.05) is 5.32 Å². The number of nitrogens with zero attached hydrogens (tertiary/aromatic N) is 1. The third-order valence-electron chi connectivity index (χ3n) is 3.30. The molecular formula is C14H23F3N2O3. The molecule has 0 heterocycles. The average Bonchev–Trinajstić information content (AvgIpc) is 2.42. The van der Waals surface area contributed by atoms with Gasteiger partial charge in [-0.25, -0.2) is 5.06 Å². The van der Waals surface area contributed by atoms with Crippen molar-refractivity contribution < 1.29 is 27.6 Å². The molecule has 22 heavy (non-hydrogen) atoms. The highest BCUT2D eigenvalue weighted by Gasteiger charge is 2.40. The standard InChI is InChI=1S/C14H23F3N2O3/c1-6-7-10(12(20)19(4)22-5)8-11(9(2)3)18-13(21)14(15,16)17/h6,9-11H,1,7-8H2,2-5H3,(H,18,21)/t10-,11-/m1/s1. The quantitative estimate of drug-likeness (QED) is 0.550. The topological polar surface area (TPSA) is 58.6 Å². The van der Waals surface area contributed by atoms with Crippen molar-refractivity contribution in [1.82, 2.24) is 10.4 Å². The summed E-state index contributed by atoms with van der Waals surface area (Å²) >= 11 is 0. The van der Waals surface area contributed by atoms with E-state index in [2.05, 4.69) is 6.58 Å². The number of nitrogens with one attached hydrogen (secondary N) is 1. The van der Waals surface area contributed by atoms with Crippen LogP contribution in [0.5, 0.6) is 0 Å². The molecule has 0 aliphatic rings. The van der Waals surface area contributed by atoms with Gasteiger partial charge in [-0.15, -0.1) is 6.58 Å². The zero-order valence-corrected chi connectivity index (χ0v) is 13.2. The summed E-state index contributed by atoms with van der Waals surface area (Å²) in [6, 6.07) is -0.784. The molecule has 0 aromatic heterocycles. The average molecular weight is 324 g/mol. The Bertz CT molecular complexity index is 397. The molecule has 0 aliphatic carbocycles. The number of halogens is 3. The maximum absolute atomic E-state index is 12.4. The van der Waals surface area contributed by atoms with Crippen molar-refractivity contribution in [2.45, 2.75) is 38.9 Å². The van der Waals surface area contributed by atoms with Crippen LogP contribution in [0.25, 0.3) is 0 Å². The zero-order chi connectivity index (χ0) is 17.5. The molecule has 0 bridgehead atoms. The van der Waals surface area contributed by atoms with Gasteiger partial charge < -0.3 is 5.32 Å². The number of hydrogen-bond acceptors (Lipinski definition) is 3. The van der Waals surface area contributed by atoms with Gasteiger partial charge in [0.15, 0.2) is 0 Å². The largest absolute Gasteiger partial charge is 0.471 e. The molecule has 128 valence electrons. The number of hydroxylamine groups is 2. The molecule has 0 aromatic rings. The number of carbonyl (C=O) groups is 2. The summed E-state index contributed by atoms with van der Waals surface area (Å²) in [6.45, 7) is 6.90. The number of amides is 2. The highest BCUT2D eigenvalue weighted by Crippen LogP contribution is 2.21. The smallest absolute Gasteiger partial charge is 0.345 e. The van der Waals surface area contributed by atoms with Crippen LogP contribution in [-0.2, 0) is 14.4 Å². The predicted molar refractivity (Wildman–Crippen MR) is 75.5 cm³/mol. The third kappa shape index (κ3) is 6.46. The fourth-order valence-corrected chi connectivity index (χ4v) is 1.90. The van der Waals surface area contributed by atoms with Gasteiger partial charge in [0.05, 0.1) is 7.11 Å². The van der Waals surface area contributed by atoms with E-state index in [0.29, 0.717) is 0 Å². The first-order valence-electron chi connectivity index (χ1n) is 6.84. The predicted octanol–water partition coefficient (Wildman–Crippen LogP) is 2.29. The lowest BCUT2D eigenvalue weighted by molar-refractivity contribution is -0.176. The first-order chi connectivity index (χ1) is 10.0. The monoisotopic (exact) mass is 324 g/mol. The van der Waals surface area contributed by atoms with Gasteiger partial charge in [0.25, 0.3) is 0 Å². The number of hydrogen-bond donors (Lipinski definition) is 1. The van der Waals surface area contributed by atoms with Gasteiger partial charge in [0, 0.05) is 19.0 Å². The summed E-state index contributed by atoms with van der Waals surface area (Å²) < 4.78 is 37.1. The maximum atomic E-state index is 12.4. The van der Waals surface area contributed by atoms with Crippen LogP contribution >= 0.6 is 0 Å². The summed E-state index contributed by atoms with van der Waals surface area (Å²) in [4.78, 5) is 28.0. The summed E-state index contributed by atoms with van der Waals surface area (Å²) in [5, 5.41) is 2.96. The Morgan fingerprint density at radius 1 is 1.36 bits per heavy atom. The second kappa shape index (κ2) is 8.77. The van der Waals surface area contributed by atoms with Gasteiger partial charge in [-0.1, -0.05) is 19.9 Å². The Labute approximate surface area is 128 Å². The van der Waals surface area contributed by atoms with Crippen LogP contribution in [0.3, 0.4) is 0 Å². The normalized spacial score (nSPS) is 14.4. The van der Waals surface area contributed by atoms with Crippen molar-refractivity contribution in [1.29, 1.82) is 0 Å². The fourth-order valence-electron chi connectivity index (χ4n) is 1.90. The van der Waals surface area contributed by atoms with Crippen molar-refractivity contribution in [3.05, 3.63) is 12.7 Å². The van der Waals surface area contributed by atoms with E-state index in [4.69, 9.17) is 4.84 Å². The van der Waals surface area contributed by atoms with Gasteiger partial charge in [-0.05, 0) is 18.8 Å². The Balaban J connectivity index is 5.05. The summed E-state index contributed by atoms with van der Waals surface area (Å²) in [6.07, 6.45) is -3.10. The molecule has 0 saturated carbocycles. The van der Waals surface area contributed by atoms with E-state index < -0.39 is 24.0 Å². The molecule has 0 spiro atoms.